The van der Waals surface area contributed by atoms with Crippen LogP contribution in [-0.4, -0.2) is 63.1 Å². The molecule has 35 heavy (non-hydrogen) atoms. The van der Waals surface area contributed by atoms with Gasteiger partial charge in [0.05, 0.1) is 0 Å². The Labute approximate surface area is 214 Å². The van der Waals surface area contributed by atoms with E-state index in [0.29, 0.717) is 24.2 Å². The number of alkyl carbamates (subject to hydrolysis) is 1. The highest BCUT2D eigenvalue weighted by Gasteiger charge is 2.40. The van der Waals surface area contributed by atoms with Crippen molar-refractivity contribution in [3.8, 4) is 5.75 Å². The average Bonchev–Trinajstić information content (AvgIpc) is 2.72. The van der Waals surface area contributed by atoms with E-state index < -0.39 is 41.1 Å². The maximum Gasteiger partial charge on any atom is 0.408 e. The third kappa shape index (κ3) is 9.99. The number of benzene rings is 1. The van der Waals surface area contributed by atoms with Gasteiger partial charge in [-0.25, -0.2) is 4.79 Å². The first-order valence-electron chi connectivity index (χ1n) is 12.0. The van der Waals surface area contributed by atoms with Crippen molar-refractivity contribution in [2.75, 3.05) is 12.0 Å². The monoisotopic (exact) mass is 509 g/mol. The first-order valence-corrected chi connectivity index (χ1v) is 13.4. The molecular formula is C26H43N3O5S. The summed E-state index contributed by atoms with van der Waals surface area (Å²) in [5, 5.41) is 16.3. The molecule has 0 aromatic heterocycles. The van der Waals surface area contributed by atoms with Crippen LogP contribution < -0.4 is 10.6 Å². The summed E-state index contributed by atoms with van der Waals surface area (Å²) in [6.45, 7) is 14.6. The minimum atomic E-state index is -1.09. The molecule has 198 valence electrons. The molecule has 0 bridgehead atoms. The molecule has 0 saturated heterocycles. The SMILES string of the molecule is CCC(C)N(C(=O)C(CCSC)NC(=O)OC(C)(C)C)C(C(=O)NC(C)(C)C)c1ccccc1O. The molecule has 0 fully saturated rings. The summed E-state index contributed by atoms with van der Waals surface area (Å²) in [4.78, 5) is 41.7. The number of rotatable bonds is 10. The van der Waals surface area contributed by atoms with E-state index in [0.717, 1.165) is 0 Å². The Morgan fingerprint density at radius 1 is 1.11 bits per heavy atom. The number of nitrogens with zero attached hydrogens (tertiary/aromatic N) is 1. The fourth-order valence-corrected chi connectivity index (χ4v) is 3.96. The molecule has 1 aromatic carbocycles. The van der Waals surface area contributed by atoms with Crippen molar-refractivity contribution in [3.63, 3.8) is 0 Å². The summed E-state index contributed by atoms with van der Waals surface area (Å²) in [6.07, 6.45) is 2.16. The Balaban J connectivity index is 3.55. The summed E-state index contributed by atoms with van der Waals surface area (Å²) in [6, 6.07) is 4.18. The summed E-state index contributed by atoms with van der Waals surface area (Å²) in [5.41, 5.74) is -0.959. The van der Waals surface area contributed by atoms with Crippen molar-refractivity contribution in [2.24, 2.45) is 0 Å². The molecule has 9 heteroatoms. The van der Waals surface area contributed by atoms with E-state index in [9.17, 15) is 19.5 Å². The second kappa shape index (κ2) is 13.0. The maximum absolute atomic E-state index is 14.0. The first kappa shape index (κ1) is 30.6. The summed E-state index contributed by atoms with van der Waals surface area (Å²) in [7, 11) is 0. The summed E-state index contributed by atoms with van der Waals surface area (Å²) < 4.78 is 5.40. The molecule has 0 spiro atoms. The summed E-state index contributed by atoms with van der Waals surface area (Å²) in [5.74, 6) is -0.274. The number of hydrogen-bond donors (Lipinski definition) is 3. The van der Waals surface area contributed by atoms with Gasteiger partial charge >= 0.3 is 6.09 Å². The zero-order chi connectivity index (χ0) is 27.0. The molecule has 0 aliphatic rings. The van der Waals surface area contributed by atoms with Crippen molar-refractivity contribution in [3.05, 3.63) is 29.8 Å². The number of phenolic OH excluding ortho intramolecular Hbond substituents is 1. The number of amides is 3. The van der Waals surface area contributed by atoms with E-state index in [1.54, 1.807) is 50.7 Å². The number of hydrogen-bond acceptors (Lipinski definition) is 6. The van der Waals surface area contributed by atoms with Crippen molar-refractivity contribution < 1.29 is 24.2 Å². The van der Waals surface area contributed by atoms with Crippen LogP contribution in [-0.2, 0) is 14.3 Å². The molecule has 0 aliphatic carbocycles. The number of carbonyl (C=O) groups is 3. The van der Waals surface area contributed by atoms with Gasteiger partial charge in [0.25, 0.3) is 0 Å². The lowest BCUT2D eigenvalue weighted by atomic mass is 9.97. The zero-order valence-electron chi connectivity index (χ0n) is 22.6. The minimum absolute atomic E-state index is 0.0802. The third-order valence-electron chi connectivity index (χ3n) is 5.18. The fraction of sp³-hybridized carbons (Fsp3) is 0.654. The van der Waals surface area contributed by atoms with Crippen LogP contribution in [0.1, 0.15) is 79.8 Å². The zero-order valence-corrected chi connectivity index (χ0v) is 23.4. The Morgan fingerprint density at radius 3 is 2.20 bits per heavy atom. The van der Waals surface area contributed by atoms with Gasteiger partial charge in [-0.05, 0) is 79.4 Å². The van der Waals surface area contributed by atoms with Gasteiger partial charge in [-0.3, -0.25) is 9.59 Å². The molecule has 3 unspecified atom stereocenters. The van der Waals surface area contributed by atoms with E-state index in [1.807, 2.05) is 40.9 Å². The number of ether oxygens (including phenoxy) is 1. The maximum atomic E-state index is 14.0. The molecule has 8 nitrogen and oxygen atoms in total. The van der Waals surface area contributed by atoms with Crippen molar-refractivity contribution in [2.45, 2.75) is 97.5 Å². The Kier molecular flexibility index (Phi) is 11.4. The number of aromatic hydroxyl groups is 1. The average molecular weight is 510 g/mol. The van der Waals surface area contributed by atoms with Gasteiger partial charge in [-0.1, -0.05) is 25.1 Å². The van der Waals surface area contributed by atoms with Crippen LogP contribution in [0, 0.1) is 0 Å². The van der Waals surface area contributed by atoms with E-state index in [-0.39, 0.29) is 11.8 Å². The van der Waals surface area contributed by atoms with E-state index in [4.69, 9.17) is 4.74 Å². The number of phenols is 1. The lowest BCUT2D eigenvalue weighted by Gasteiger charge is -2.39. The molecule has 0 heterocycles. The Morgan fingerprint density at radius 2 is 1.71 bits per heavy atom. The highest BCUT2D eigenvalue weighted by molar-refractivity contribution is 7.98. The smallest absolute Gasteiger partial charge is 0.408 e. The van der Waals surface area contributed by atoms with Gasteiger partial charge in [0.15, 0.2) is 0 Å². The van der Waals surface area contributed by atoms with Crippen LogP contribution >= 0.6 is 11.8 Å². The van der Waals surface area contributed by atoms with Crippen LogP contribution in [0.25, 0.3) is 0 Å². The lowest BCUT2D eigenvalue weighted by molar-refractivity contribution is -0.145. The van der Waals surface area contributed by atoms with Crippen molar-refractivity contribution in [1.29, 1.82) is 0 Å². The van der Waals surface area contributed by atoms with Gasteiger partial charge in [-0.2, -0.15) is 11.8 Å². The molecule has 0 saturated carbocycles. The van der Waals surface area contributed by atoms with E-state index in [2.05, 4.69) is 10.6 Å². The molecule has 3 amide bonds. The van der Waals surface area contributed by atoms with Gasteiger partial charge in [0.2, 0.25) is 11.8 Å². The highest BCUT2D eigenvalue weighted by atomic mass is 32.2. The molecule has 0 aliphatic heterocycles. The van der Waals surface area contributed by atoms with Crippen molar-refractivity contribution >= 4 is 29.7 Å². The van der Waals surface area contributed by atoms with Gasteiger partial charge in [0.1, 0.15) is 23.4 Å². The number of nitrogens with one attached hydrogen (secondary N) is 2. The van der Waals surface area contributed by atoms with Crippen LogP contribution in [0.3, 0.4) is 0 Å². The molecule has 3 atom stereocenters. The lowest BCUT2D eigenvalue weighted by Crippen LogP contribution is -2.57. The van der Waals surface area contributed by atoms with Crippen LogP contribution in [0.15, 0.2) is 24.3 Å². The number of carbonyl (C=O) groups excluding carboxylic acids is 3. The molecule has 3 N–H and O–H groups in total. The highest BCUT2D eigenvalue weighted by Crippen LogP contribution is 2.32. The molecule has 1 aromatic rings. The van der Waals surface area contributed by atoms with E-state index in [1.165, 1.54) is 11.0 Å². The predicted octanol–water partition coefficient (Wildman–Crippen LogP) is 4.62. The quantitative estimate of drug-likeness (QED) is 0.425. The number of thioether (sulfide) groups is 1. The van der Waals surface area contributed by atoms with Gasteiger partial charge in [0, 0.05) is 17.1 Å². The standard InChI is InChI=1S/C26H43N3O5S/c1-10-17(2)29(23(32)19(15-16-35-9)27-24(33)34-26(6,7)8)21(22(31)28-25(3,4)5)18-13-11-12-14-20(18)30/h11-14,17,19,21,30H,10,15-16H2,1-9H3,(H,27,33)(H,28,31). The second-order valence-electron chi connectivity index (χ2n) is 10.7. The largest absolute Gasteiger partial charge is 0.508 e. The number of para-hydroxylation sites is 1. The fourth-order valence-electron chi connectivity index (χ4n) is 3.49. The minimum Gasteiger partial charge on any atom is -0.508 e. The first-order chi connectivity index (χ1) is 16.1. The Hall–Kier alpha value is -2.42. The van der Waals surface area contributed by atoms with Crippen molar-refractivity contribution in [1.82, 2.24) is 15.5 Å². The van der Waals surface area contributed by atoms with Crippen LogP contribution in [0.4, 0.5) is 4.79 Å². The van der Waals surface area contributed by atoms with Gasteiger partial charge in [-0.15, -0.1) is 0 Å². The third-order valence-corrected chi connectivity index (χ3v) is 5.82. The Bertz CT molecular complexity index is 863. The van der Waals surface area contributed by atoms with Crippen LogP contribution in [0.5, 0.6) is 5.75 Å². The second-order valence-corrected chi connectivity index (χ2v) is 11.7. The van der Waals surface area contributed by atoms with Crippen LogP contribution in [0.2, 0.25) is 0 Å². The van der Waals surface area contributed by atoms with Gasteiger partial charge < -0.3 is 25.4 Å². The topological polar surface area (TPSA) is 108 Å². The summed E-state index contributed by atoms with van der Waals surface area (Å²) >= 11 is 1.55. The van der Waals surface area contributed by atoms with E-state index >= 15 is 0 Å². The molecular weight excluding hydrogens is 466 g/mol. The predicted molar refractivity (Wildman–Crippen MR) is 141 cm³/mol. The normalized spacial score (nSPS) is 14.4. The molecule has 1 rings (SSSR count). The molecule has 0 radical (unpaired) electrons.